The number of hydrogen-bond donors (Lipinski definition) is 0. The molecule has 5 nitrogen and oxygen atoms in total. The molecular formula is C15H15ClN2O3. The molecule has 21 heavy (non-hydrogen) atoms. The highest BCUT2D eigenvalue weighted by atomic mass is 35.5. The fourth-order valence-corrected chi connectivity index (χ4v) is 1.99. The lowest BCUT2D eigenvalue weighted by Gasteiger charge is -2.04. The zero-order chi connectivity index (χ0) is 15.4. The second-order valence-corrected chi connectivity index (χ2v) is 4.93. The highest BCUT2D eigenvalue weighted by Gasteiger charge is 2.24. The Kier molecular flexibility index (Phi) is 4.65. The van der Waals surface area contributed by atoms with Gasteiger partial charge < -0.3 is 14.2 Å². The summed E-state index contributed by atoms with van der Waals surface area (Å²) in [6.45, 7) is 0. The summed E-state index contributed by atoms with van der Waals surface area (Å²) in [5, 5.41) is 4.45. The molecular weight excluding hydrogens is 292 g/mol. The summed E-state index contributed by atoms with van der Waals surface area (Å²) in [4.78, 5) is 13.9. The van der Waals surface area contributed by atoms with Gasteiger partial charge in [0.25, 0.3) is 0 Å². The third-order valence-electron chi connectivity index (χ3n) is 2.76. The summed E-state index contributed by atoms with van der Waals surface area (Å²) in [6, 6.07) is 7.11. The van der Waals surface area contributed by atoms with Crippen LogP contribution in [0.4, 0.5) is 0 Å². The Morgan fingerprint density at radius 2 is 2.10 bits per heavy atom. The Balaban J connectivity index is 2.57. The molecule has 0 amide bonds. The molecule has 0 radical (unpaired) electrons. The van der Waals surface area contributed by atoms with E-state index in [2.05, 4.69) is 5.16 Å². The first-order valence-corrected chi connectivity index (χ1v) is 6.60. The number of aromatic nitrogens is 1. The lowest BCUT2D eigenvalue weighted by atomic mass is 10.1. The van der Waals surface area contributed by atoms with E-state index in [1.807, 2.05) is 25.1 Å². The molecule has 0 saturated carbocycles. The predicted molar refractivity (Wildman–Crippen MR) is 81.0 cm³/mol. The number of halogens is 1. The van der Waals surface area contributed by atoms with Gasteiger partial charge in [0.2, 0.25) is 0 Å². The third kappa shape index (κ3) is 3.25. The first-order valence-electron chi connectivity index (χ1n) is 6.22. The number of carbonyl (C=O) groups excluding carboxylic acids is 1. The molecule has 0 atom stereocenters. The molecule has 1 aromatic carbocycles. The van der Waals surface area contributed by atoms with Gasteiger partial charge in [-0.2, -0.15) is 0 Å². The predicted octanol–water partition coefficient (Wildman–Crippen LogP) is 3.31. The average molecular weight is 307 g/mol. The van der Waals surface area contributed by atoms with Gasteiger partial charge in [0.05, 0.1) is 12.1 Å². The van der Waals surface area contributed by atoms with E-state index in [1.165, 1.54) is 7.11 Å². The fourth-order valence-electron chi connectivity index (χ4n) is 1.77. The van der Waals surface area contributed by atoms with Crippen LogP contribution in [0, 0.1) is 0 Å². The van der Waals surface area contributed by atoms with Crippen molar-refractivity contribution in [2.75, 3.05) is 21.2 Å². The zero-order valence-electron chi connectivity index (χ0n) is 12.0. The Bertz CT molecular complexity index is 677. The summed E-state index contributed by atoms with van der Waals surface area (Å²) < 4.78 is 10.1. The van der Waals surface area contributed by atoms with Gasteiger partial charge in [0, 0.05) is 31.9 Å². The molecule has 6 heteroatoms. The number of nitrogens with zero attached hydrogens (tertiary/aromatic N) is 2. The molecule has 0 aliphatic heterocycles. The van der Waals surface area contributed by atoms with Crippen molar-refractivity contribution in [2.45, 2.75) is 0 Å². The van der Waals surface area contributed by atoms with Crippen molar-refractivity contribution in [3.8, 4) is 11.3 Å². The molecule has 2 aromatic rings. The molecule has 1 heterocycles. The minimum absolute atomic E-state index is 0.253. The minimum atomic E-state index is -0.524. The van der Waals surface area contributed by atoms with Crippen LogP contribution in [0.1, 0.15) is 16.1 Å². The van der Waals surface area contributed by atoms with Crippen LogP contribution >= 0.6 is 11.6 Å². The Hall–Kier alpha value is -2.27. The van der Waals surface area contributed by atoms with Gasteiger partial charge in [-0.1, -0.05) is 35.0 Å². The topological polar surface area (TPSA) is 55.6 Å². The quantitative estimate of drug-likeness (QED) is 0.811. The van der Waals surface area contributed by atoms with Crippen molar-refractivity contribution >= 4 is 23.6 Å². The van der Waals surface area contributed by atoms with Crippen LogP contribution in [0.15, 0.2) is 35.0 Å². The summed E-state index contributed by atoms with van der Waals surface area (Å²) in [5.41, 5.74) is 1.24. The second-order valence-electron chi connectivity index (χ2n) is 4.52. The van der Waals surface area contributed by atoms with Gasteiger partial charge in [-0.3, -0.25) is 0 Å². The average Bonchev–Trinajstić information content (AvgIpc) is 2.88. The molecule has 0 aliphatic carbocycles. The lowest BCUT2D eigenvalue weighted by molar-refractivity contribution is 0.0600. The number of ether oxygens (including phenoxy) is 1. The second kappa shape index (κ2) is 6.45. The van der Waals surface area contributed by atoms with E-state index in [4.69, 9.17) is 20.9 Å². The van der Waals surface area contributed by atoms with Gasteiger partial charge in [-0.05, 0) is 6.07 Å². The van der Waals surface area contributed by atoms with Crippen LogP contribution in [-0.2, 0) is 4.74 Å². The first-order chi connectivity index (χ1) is 10.0. The van der Waals surface area contributed by atoms with Gasteiger partial charge in [-0.15, -0.1) is 0 Å². The smallest absolute Gasteiger partial charge is 0.344 e. The van der Waals surface area contributed by atoms with E-state index in [1.54, 1.807) is 30.5 Å². The summed E-state index contributed by atoms with van der Waals surface area (Å²) in [7, 11) is 5.03. The van der Waals surface area contributed by atoms with Crippen molar-refractivity contribution in [3.63, 3.8) is 0 Å². The number of rotatable bonds is 4. The number of hydrogen-bond acceptors (Lipinski definition) is 5. The van der Waals surface area contributed by atoms with Crippen LogP contribution < -0.4 is 0 Å². The maximum absolute atomic E-state index is 12.0. The van der Waals surface area contributed by atoms with E-state index >= 15 is 0 Å². The maximum Gasteiger partial charge on any atom is 0.344 e. The molecule has 1 aromatic heterocycles. The molecule has 0 unspecified atom stereocenters. The third-order valence-corrected chi connectivity index (χ3v) is 3.09. The van der Waals surface area contributed by atoms with E-state index in [-0.39, 0.29) is 5.56 Å². The van der Waals surface area contributed by atoms with E-state index in [9.17, 15) is 4.79 Å². The summed E-state index contributed by atoms with van der Waals surface area (Å²) in [5.74, 6) is -0.199. The lowest BCUT2D eigenvalue weighted by Crippen LogP contribution is -2.04. The van der Waals surface area contributed by atoms with Crippen LogP contribution in [0.5, 0.6) is 0 Å². The highest BCUT2D eigenvalue weighted by Crippen LogP contribution is 2.32. The van der Waals surface area contributed by atoms with Crippen LogP contribution in [-0.4, -0.2) is 37.2 Å². The maximum atomic E-state index is 12.0. The Morgan fingerprint density at radius 1 is 1.38 bits per heavy atom. The van der Waals surface area contributed by atoms with E-state index in [0.717, 1.165) is 0 Å². The first kappa shape index (κ1) is 15.1. The van der Waals surface area contributed by atoms with E-state index < -0.39 is 5.97 Å². The minimum Gasteiger partial charge on any atom is -0.465 e. The van der Waals surface area contributed by atoms with Gasteiger partial charge in [0.15, 0.2) is 5.76 Å². The number of benzene rings is 1. The van der Waals surface area contributed by atoms with Crippen LogP contribution in [0.3, 0.4) is 0 Å². The monoisotopic (exact) mass is 306 g/mol. The molecule has 0 fully saturated rings. The molecule has 0 spiro atoms. The van der Waals surface area contributed by atoms with Crippen molar-refractivity contribution in [3.05, 3.63) is 46.8 Å². The van der Waals surface area contributed by atoms with Crippen molar-refractivity contribution in [1.82, 2.24) is 10.1 Å². The summed E-state index contributed by atoms with van der Waals surface area (Å²) >= 11 is 6.16. The molecule has 0 N–H and O–H groups in total. The highest BCUT2D eigenvalue weighted by molar-refractivity contribution is 6.33. The molecule has 0 saturated heterocycles. The van der Waals surface area contributed by atoms with Gasteiger partial charge in [0.1, 0.15) is 11.3 Å². The molecule has 0 aliphatic rings. The van der Waals surface area contributed by atoms with Crippen molar-refractivity contribution in [1.29, 1.82) is 0 Å². The number of methoxy groups -OCH3 is 1. The SMILES string of the molecule is COC(=O)c1c(-c2ccccc2Cl)noc1C=CN(C)C. The largest absolute Gasteiger partial charge is 0.465 e. The number of carbonyl (C=O) groups is 1. The van der Waals surface area contributed by atoms with Crippen molar-refractivity contribution < 1.29 is 14.1 Å². The molecule has 0 bridgehead atoms. The van der Waals surface area contributed by atoms with Gasteiger partial charge in [-0.25, -0.2) is 4.79 Å². The molecule has 110 valence electrons. The summed E-state index contributed by atoms with van der Waals surface area (Å²) in [6.07, 6.45) is 3.41. The molecule has 2 rings (SSSR count). The van der Waals surface area contributed by atoms with Crippen LogP contribution in [0.25, 0.3) is 17.3 Å². The Morgan fingerprint density at radius 3 is 2.71 bits per heavy atom. The standard InChI is InChI=1S/C15H15ClN2O3/c1-18(2)9-8-12-13(15(19)20-3)14(17-21-12)10-6-4-5-7-11(10)16/h4-9H,1-3H3. The number of esters is 1. The Labute approximate surface area is 127 Å². The van der Waals surface area contributed by atoms with E-state index in [0.29, 0.717) is 22.0 Å². The van der Waals surface area contributed by atoms with Gasteiger partial charge >= 0.3 is 5.97 Å². The fraction of sp³-hybridized carbons (Fsp3) is 0.200. The zero-order valence-corrected chi connectivity index (χ0v) is 12.7. The van der Waals surface area contributed by atoms with Crippen molar-refractivity contribution in [2.24, 2.45) is 0 Å². The normalized spacial score (nSPS) is 10.9. The van der Waals surface area contributed by atoms with Crippen LogP contribution in [0.2, 0.25) is 5.02 Å².